The molecule has 3 rings (SSSR count). The zero-order valence-electron chi connectivity index (χ0n) is 17.7. The molecule has 3 N–H and O–H groups in total. The lowest BCUT2D eigenvalue weighted by Gasteiger charge is -2.22. The van der Waals surface area contributed by atoms with Crippen LogP contribution in [0.5, 0.6) is 0 Å². The molecule has 0 atom stereocenters. The maximum absolute atomic E-state index is 14.4. The topological polar surface area (TPSA) is 70.2 Å². The van der Waals surface area contributed by atoms with Crippen molar-refractivity contribution in [1.82, 2.24) is 10.6 Å². The number of thiocarbonyl (C=S) groups is 1. The number of benzene rings is 2. The Morgan fingerprint density at radius 3 is 2.27 bits per heavy atom. The van der Waals surface area contributed by atoms with E-state index in [1.807, 2.05) is 0 Å². The molecule has 1 aliphatic carbocycles. The normalized spacial score (nSPS) is 15.4. The zero-order chi connectivity index (χ0) is 22.2. The summed E-state index contributed by atoms with van der Waals surface area (Å²) >= 11 is 5.45. The minimum absolute atomic E-state index is 0.0588. The third kappa shape index (κ3) is 5.70. The summed E-state index contributed by atoms with van der Waals surface area (Å²) < 4.78 is 39.2. The van der Waals surface area contributed by atoms with Gasteiger partial charge in [-0.1, -0.05) is 51.1 Å². The SMILES string of the molecule is CC(C)(C)c1ccc(CNC(=S)NC2(c3ccc(NS(C)(=O)=O)c(F)c3)CC2)cc1. The molecule has 0 radical (unpaired) electrons. The van der Waals surface area contributed by atoms with Gasteiger partial charge in [0.15, 0.2) is 5.11 Å². The van der Waals surface area contributed by atoms with Crippen LogP contribution in [-0.4, -0.2) is 19.8 Å². The first-order chi connectivity index (χ1) is 13.9. The molecule has 8 heteroatoms. The summed E-state index contributed by atoms with van der Waals surface area (Å²) in [6.07, 6.45) is 2.64. The summed E-state index contributed by atoms with van der Waals surface area (Å²) in [5.74, 6) is -0.608. The molecule has 162 valence electrons. The van der Waals surface area contributed by atoms with E-state index < -0.39 is 21.4 Å². The summed E-state index contributed by atoms with van der Waals surface area (Å²) in [5.41, 5.74) is 2.79. The van der Waals surface area contributed by atoms with E-state index in [1.54, 1.807) is 6.07 Å². The van der Waals surface area contributed by atoms with Gasteiger partial charge in [-0.15, -0.1) is 0 Å². The van der Waals surface area contributed by atoms with E-state index in [9.17, 15) is 12.8 Å². The van der Waals surface area contributed by atoms with Crippen molar-refractivity contribution in [2.45, 2.75) is 51.1 Å². The molecule has 1 saturated carbocycles. The van der Waals surface area contributed by atoms with Crippen molar-refractivity contribution in [3.63, 3.8) is 0 Å². The highest BCUT2D eigenvalue weighted by atomic mass is 32.2. The first kappa shape index (κ1) is 22.5. The Morgan fingerprint density at radius 1 is 1.13 bits per heavy atom. The molecule has 5 nitrogen and oxygen atoms in total. The van der Waals surface area contributed by atoms with Crippen molar-refractivity contribution in [1.29, 1.82) is 0 Å². The van der Waals surface area contributed by atoms with Gasteiger partial charge in [0.2, 0.25) is 10.0 Å². The van der Waals surface area contributed by atoms with Crippen molar-refractivity contribution in [3.8, 4) is 0 Å². The molecule has 0 aliphatic heterocycles. The second-order valence-electron chi connectivity index (χ2n) is 8.91. The number of rotatable bonds is 6. The maximum atomic E-state index is 14.4. The number of hydrogen-bond acceptors (Lipinski definition) is 3. The van der Waals surface area contributed by atoms with Gasteiger partial charge in [0, 0.05) is 6.54 Å². The molecular formula is C22H28FN3O2S2. The van der Waals surface area contributed by atoms with E-state index in [0.717, 1.165) is 30.2 Å². The Labute approximate surface area is 183 Å². The summed E-state index contributed by atoms with van der Waals surface area (Å²) in [4.78, 5) is 0. The van der Waals surface area contributed by atoms with Crippen LogP contribution in [0.25, 0.3) is 0 Å². The highest BCUT2D eigenvalue weighted by Crippen LogP contribution is 2.46. The highest BCUT2D eigenvalue weighted by molar-refractivity contribution is 7.92. The Morgan fingerprint density at radius 2 is 1.77 bits per heavy atom. The fourth-order valence-corrected chi connectivity index (χ4v) is 4.11. The predicted octanol–water partition coefficient (Wildman–Crippen LogP) is 4.15. The lowest BCUT2D eigenvalue weighted by Crippen LogP contribution is -2.41. The van der Waals surface area contributed by atoms with Crippen molar-refractivity contribution >= 4 is 33.0 Å². The van der Waals surface area contributed by atoms with Gasteiger partial charge in [0.05, 0.1) is 17.5 Å². The van der Waals surface area contributed by atoms with Gasteiger partial charge in [-0.05, 0) is 59.3 Å². The van der Waals surface area contributed by atoms with Gasteiger partial charge in [-0.3, -0.25) is 4.72 Å². The van der Waals surface area contributed by atoms with Crippen LogP contribution in [0.1, 0.15) is 50.3 Å². The fourth-order valence-electron chi connectivity index (χ4n) is 3.27. The number of halogens is 1. The Hall–Kier alpha value is -2.19. The van der Waals surface area contributed by atoms with Gasteiger partial charge in [0.25, 0.3) is 0 Å². The maximum Gasteiger partial charge on any atom is 0.229 e. The number of anilines is 1. The van der Waals surface area contributed by atoms with E-state index in [1.165, 1.54) is 17.7 Å². The third-order valence-electron chi connectivity index (χ3n) is 5.19. The highest BCUT2D eigenvalue weighted by Gasteiger charge is 2.45. The van der Waals surface area contributed by atoms with Crippen LogP contribution in [0.2, 0.25) is 0 Å². The van der Waals surface area contributed by atoms with Gasteiger partial charge < -0.3 is 10.6 Å². The van der Waals surface area contributed by atoms with Gasteiger partial charge >= 0.3 is 0 Å². The monoisotopic (exact) mass is 449 g/mol. The largest absolute Gasteiger partial charge is 0.359 e. The first-order valence-electron chi connectivity index (χ1n) is 9.81. The van der Waals surface area contributed by atoms with Crippen molar-refractivity contribution in [2.75, 3.05) is 11.0 Å². The molecule has 2 aromatic carbocycles. The molecule has 0 saturated heterocycles. The molecule has 1 aliphatic rings. The molecule has 0 heterocycles. The van der Waals surface area contributed by atoms with E-state index in [0.29, 0.717) is 11.7 Å². The average Bonchev–Trinajstić information content (AvgIpc) is 3.41. The molecule has 0 aromatic heterocycles. The molecule has 0 bridgehead atoms. The molecule has 0 unspecified atom stereocenters. The van der Waals surface area contributed by atoms with E-state index in [-0.39, 0.29) is 11.1 Å². The molecular weight excluding hydrogens is 421 g/mol. The second kappa shape index (κ2) is 8.15. The van der Waals surface area contributed by atoms with Crippen LogP contribution in [0.15, 0.2) is 42.5 Å². The summed E-state index contributed by atoms with van der Waals surface area (Å²) in [6, 6.07) is 13.0. The third-order valence-corrected chi connectivity index (χ3v) is 6.03. The van der Waals surface area contributed by atoms with Crippen LogP contribution in [-0.2, 0) is 27.5 Å². The number of nitrogens with one attached hydrogen (secondary N) is 3. The van der Waals surface area contributed by atoms with Crippen LogP contribution in [0, 0.1) is 5.82 Å². The molecule has 0 amide bonds. The van der Waals surface area contributed by atoms with E-state index in [4.69, 9.17) is 12.2 Å². The lowest BCUT2D eigenvalue weighted by molar-refractivity contribution is 0.589. The Bertz CT molecular complexity index is 1040. The standard InChI is InChI=1S/C22H28FN3O2S2/c1-21(2,3)16-7-5-15(6-8-16)14-24-20(29)25-22(11-12-22)17-9-10-19(18(23)13-17)26-30(4,27)28/h5-10,13,26H,11-12,14H2,1-4H3,(H2,24,25,29). The fraction of sp³-hybridized carbons (Fsp3) is 0.409. The van der Waals surface area contributed by atoms with Gasteiger partial charge in [-0.2, -0.15) is 0 Å². The van der Waals surface area contributed by atoms with Crippen LogP contribution < -0.4 is 15.4 Å². The van der Waals surface area contributed by atoms with Crippen molar-refractivity contribution in [3.05, 3.63) is 65.0 Å². The predicted molar refractivity (Wildman–Crippen MR) is 123 cm³/mol. The van der Waals surface area contributed by atoms with Crippen molar-refractivity contribution in [2.24, 2.45) is 0 Å². The van der Waals surface area contributed by atoms with E-state index >= 15 is 0 Å². The van der Waals surface area contributed by atoms with E-state index in [2.05, 4.69) is 60.4 Å². The zero-order valence-corrected chi connectivity index (χ0v) is 19.3. The van der Waals surface area contributed by atoms with Crippen molar-refractivity contribution < 1.29 is 12.8 Å². The second-order valence-corrected chi connectivity index (χ2v) is 11.1. The lowest BCUT2D eigenvalue weighted by atomic mass is 9.87. The minimum Gasteiger partial charge on any atom is -0.359 e. The molecule has 30 heavy (non-hydrogen) atoms. The summed E-state index contributed by atoms with van der Waals surface area (Å²) in [7, 11) is -3.53. The van der Waals surface area contributed by atoms with Gasteiger partial charge in [0.1, 0.15) is 5.82 Å². The quantitative estimate of drug-likeness (QED) is 0.578. The Kier molecular flexibility index (Phi) is 6.11. The molecule has 0 spiro atoms. The van der Waals surface area contributed by atoms with Gasteiger partial charge in [-0.25, -0.2) is 12.8 Å². The molecule has 1 fully saturated rings. The first-order valence-corrected chi connectivity index (χ1v) is 12.1. The smallest absolute Gasteiger partial charge is 0.229 e. The Balaban J connectivity index is 1.61. The van der Waals surface area contributed by atoms with Crippen LogP contribution >= 0.6 is 12.2 Å². The minimum atomic E-state index is -3.53. The van der Waals surface area contributed by atoms with Crippen LogP contribution in [0.3, 0.4) is 0 Å². The number of hydrogen-bond donors (Lipinski definition) is 3. The van der Waals surface area contributed by atoms with Crippen LogP contribution in [0.4, 0.5) is 10.1 Å². The summed E-state index contributed by atoms with van der Waals surface area (Å²) in [6.45, 7) is 7.14. The number of sulfonamides is 1. The average molecular weight is 450 g/mol. The molecule has 2 aromatic rings. The summed E-state index contributed by atoms with van der Waals surface area (Å²) in [5, 5.41) is 7.02.